The largest absolute Gasteiger partial charge is 0.316 e. The second kappa shape index (κ2) is 6.18. The lowest BCUT2D eigenvalue weighted by molar-refractivity contribution is 0.363. The molecule has 1 atom stereocenters. The number of hydrogen-bond donors (Lipinski definition) is 1. The molecule has 0 aromatic rings. The summed E-state index contributed by atoms with van der Waals surface area (Å²) in [5.74, 6) is 0. The zero-order valence-corrected chi connectivity index (χ0v) is 8.31. The lowest BCUT2D eigenvalue weighted by atomic mass is 9.89. The van der Waals surface area contributed by atoms with Gasteiger partial charge in [-0.1, -0.05) is 34.6 Å². The summed E-state index contributed by atoms with van der Waals surface area (Å²) >= 11 is 0. The smallest absolute Gasteiger partial charge is 0.0933 e. The first kappa shape index (κ1) is 13.1. The van der Waals surface area contributed by atoms with Crippen LogP contribution in [0.5, 0.6) is 0 Å². The summed E-state index contributed by atoms with van der Waals surface area (Å²) in [6, 6.07) is 1.70. The summed E-state index contributed by atoms with van der Waals surface area (Å²) < 4.78 is 0. The molecular weight excluding hydrogens is 136 g/mol. The Morgan fingerprint density at radius 3 is 1.91 bits per heavy atom. The second-order valence-electron chi connectivity index (χ2n) is 3.50. The quantitative estimate of drug-likeness (QED) is 0.637. The highest BCUT2D eigenvalue weighted by molar-refractivity contribution is 4.89. The van der Waals surface area contributed by atoms with Crippen LogP contribution >= 0.6 is 0 Å². The minimum absolute atomic E-state index is 0. The van der Waals surface area contributed by atoms with Gasteiger partial charge < -0.3 is 5.73 Å². The van der Waals surface area contributed by atoms with Gasteiger partial charge in [-0.2, -0.15) is 5.26 Å². The second-order valence-corrected chi connectivity index (χ2v) is 3.50. The van der Waals surface area contributed by atoms with Crippen molar-refractivity contribution in [2.75, 3.05) is 0 Å². The minimum atomic E-state index is -0.301. The molecule has 0 aliphatic carbocycles. The summed E-state index contributed by atoms with van der Waals surface area (Å²) in [7, 11) is 0. The zero-order valence-electron chi connectivity index (χ0n) is 8.31. The first-order valence-electron chi connectivity index (χ1n) is 4.11. The Hall–Kier alpha value is -0.550. The Kier molecular flexibility index (Phi) is 7.34. The van der Waals surface area contributed by atoms with Crippen molar-refractivity contribution in [1.82, 2.24) is 0 Å². The molecule has 0 aliphatic rings. The third kappa shape index (κ3) is 12.6. The molecule has 2 N–H and O–H groups in total. The first-order valence-corrected chi connectivity index (χ1v) is 4.11. The summed E-state index contributed by atoms with van der Waals surface area (Å²) in [5, 5.41) is 8.32. The van der Waals surface area contributed by atoms with Crippen molar-refractivity contribution in [2.24, 2.45) is 11.1 Å². The van der Waals surface area contributed by atoms with Crippen LogP contribution in [-0.2, 0) is 0 Å². The van der Waals surface area contributed by atoms with E-state index in [9.17, 15) is 0 Å². The van der Waals surface area contributed by atoms with Crippen molar-refractivity contribution in [2.45, 2.75) is 47.1 Å². The molecular formula is C9H22N2. The maximum atomic E-state index is 8.32. The summed E-state index contributed by atoms with van der Waals surface area (Å²) in [4.78, 5) is 0. The van der Waals surface area contributed by atoms with Crippen molar-refractivity contribution in [1.29, 1.82) is 5.26 Å². The van der Waals surface area contributed by atoms with Gasteiger partial charge in [0.05, 0.1) is 12.1 Å². The zero-order chi connectivity index (χ0) is 9.49. The van der Waals surface area contributed by atoms with Crippen LogP contribution in [0, 0.1) is 16.7 Å². The Balaban J connectivity index is -0.000000249. The maximum absolute atomic E-state index is 8.32. The molecule has 0 aromatic heterocycles. The van der Waals surface area contributed by atoms with Crippen molar-refractivity contribution < 1.29 is 1.43 Å². The number of nitrogens with zero attached hydrogens (tertiary/aromatic N) is 1. The molecule has 2 heteroatoms. The molecule has 1 unspecified atom stereocenters. The fourth-order valence-electron chi connectivity index (χ4n) is 0.705. The predicted octanol–water partition coefficient (Wildman–Crippen LogP) is 2.55. The van der Waals surface area contributed by atoms with Gasteiger partial charge in [0.25, 0.3) is 0 Å². The number of rotatable bonds is 1. The molecule has 68 valence electrons. The van der Waals surface area contributed by atoms with E-state index < -0.39 is 0 Å². The summed E-state index contributed by atoms with van der Waals surface area (Å²) in [6.07, 6.45) is 0.767. The van der Waals surface area contributed by atoms with Gasteiger partial charge in [-0.15, -0.1) is 0 Å². The molecule has 0 radical (unpaired) electrons. The molecule has 0 spiro atoms. The van der Waals surface area contributed by atoms with Crippen molar-refractivity contribution in [3.63, 3.8) is 0 Å². The topological polar surface area (TPSA) is 49.8 Å². The molecule has 0 aliphatic heterocycles. The van der Waals surface area contributed by atoms with E-state index in [2.05, 4.69) is 20.8 Å². The fraction of sp³-hybridized carbons (Fsp3) is 0.889. The van der Waals surface area contributed by atoms with Gasteiger partial charge in [0.2, 0.25) is 0 Å². The van der Waals surface area contributed by atoms with Crippen LogP contribution in [0.15, 0.2) is 0 Å². The highest BCUT2D eigenvalue weighted by atomic mass is 14.6. The third-order valence-corrected chi connectivity index (χ3v) is 0.998. The maximum Gasteiger partial charge on any atom is 0.0933 e. The van der Waals surface area contributed by atoms with Gasteiger partial charge in [0, 0.05) is 1.43 Å². The highest BCUT2D eigenvalue weighted by Gasteiger charge is 2.14. The van der Waals surface area contributed by atoms with Crippen LogP contribution < -0.4 is 5.73 Å². The lowest BCUT2D eigenvalue weighted by Gasteiger charge is -2.18. The highest BCUT2D eigenvalue weighted by Crippen LogP contribution is 2.19. The Morgan fingerprint density at radius 2 is 1.82 bits per heavy atom. The first-order chi connectivity index (χ1) is 4.95. The molecule has 0 aromatic carbocycles. The van der Waals surface area contributed by atoms with E-state index >= 15 is 0 Å². The van der Waals surface area contributed by atoms with Gasteiger partial charge >= 0.3 is 0 Å². The monoisotopic (exact) mass is 158 g/mol. The normalized spacial score (nSPS) is 12.5. The summed E-state index contributed by atoms with van der Waals surface area (Å²) in [6.45, 7) is 10.2. The average Bonchev–Trinajstić information content (AvgIpc) is 1.89. The van der Waals surface area contributed by atoms with Crippen molar-refractivity contribution >= 4 is 0 Å². The van der Waals surface area contributed by atoms with Crippen LogP contribution in [0.4, 0.5) is 0 Å². The van der Waals surface area contributed by atoms with E-state index in [0.717, 1.165) is 6.42 Å². The standard InChI is InChI=1S/C7H14N2.C2H6.H2/c1-7(2,3)4-6(9)5-8;1-2;/h6H,4,9H2,1-3H3;1-2H3;1H. The van der Waals surface area contributed by atoms with E-state index in [1.165, 1.54) is 0 Å². The molecule has 0 fully saturated rings. The van der Waals surface area contributed by atoms with Gasteiger partial charge in [-0.3, -0.25) is 0 Å². The SMILES string of the molecule is CC.CC(C)(C)CC(N)C#N.[HH]. The van der Waals surface area contributed by atoms with Crippen LogP contribution in [-0.4, -0.2) is 6.04 Å². The van der Waals surface area contributed by atoms with Crippen LogP contribution in [0.25, 0.3) is 0 Å². The minimum Gasteiger partial charge on any atom is -0.316 e. The van der Waals surface area contributed by atoms with E-state index in [1.54, 1.807) is 0 Å². The Labute approximate surface area is 71.9 Å². The number of nitrogens with two attached hydrogens (primary N) is 1. The van der Waals surface area contributed by atoms with Gasteiger partial charge in [0.15, 0.2) is 0 Å². The number of hydrogen-bond acceptors (Lipinski definition) is 2. The average molecular weight is 158 g/mol. The van der Waals surface area contributed by atoms with Crippen LogP contribution in [0.1, 0.15) is 42.5 Å². The fourth-order valence-corrected chi connectivity index (χ4v) is 0.705. The van der Waals surface area contributed by atoms with Crippen molar-refractivity contribution in [3.05, 3.63) is 0 Å². The van der Waals surface area contributed by atoms with E-state index in [1.807, 2.05) is 19.9 Å². The van der Waals surface area contributed by atoms with Crippen LogP contribution in [0.2, 0.25) is 0 Å². The van der Waals surface area contributed by atoms with Crippen molar-refractivity contribution in [3.8, 4) is 6.07 Å². The van der Waals surface area contributed by atoms with Gasteiger partial charge in [0.1, 0.15) is 0 Å². The number of nitriles is 1. The Morgan fingerprint density at radius 1 is 1.45 bits per heavy atom. The lowest BCUT2D eigenvalue weighted by Crippen LogP contribution is -2.24. The predicted molar refractivity (Wildman–Crippen MR) is 51.1 cm³/mol. The molecule has 0 bridgehead atoms. The van der Waals surface area contributed by atoms with Gasteiger partial charge in [-0.25, -0.2) is 0 Å². The molecule has 0 rings (SSSR count). The Bertz CT molecular complexity index is 121. The molecule has 0 amide bonds. The molecule has 0 heterocycles. The third-order valence-electron chi connectivity index (χ3n) is 0.998. The summed E-state index contributed by atoms with van der Waals surface area (Å²) in [5.41, 5.74) is 5.57. The van der Waals surface area contributed by atoms with Crippen LogP contribution in [0.3, 0.4) is 0 Å². The molecule has 11 heavy (non-hydrogen) atoms. The molecule has 0 saturated heterocycles. The van der Waals surface area contributed by atoms with E-state index in [4.69, 9.17) is 11.0 Å². The van der Waals surface area contributed by atoms with Gasteiger partial charge in [-0.05, 0) is 11.8 Å². The van der Waals surface area contributed by atoms with E-state index in [0.29, 0.717) is 0 Å². The van der Waals surface area contributed by atoms with E-state index in [-0.39, 0.29) is 12.9 Å². The molecule has 2 nitrogen and oxygen atoms in total. The molecule has 0 saturated carbocycles.